The second-order valence-electron chi connectivity index (χ2n) is 5.09. The number of anilines is 2. The van der Waals surface area contributed by atoms with Crippen molar-refractivity contribution in [1.82, 2.24) is 0 Å². The van der Waals surface area contributed by atoms with Crippen LogP contribution < -0.4 is 10.6 Å². The molecule has 4 nitrogen and oxygen atoms in total. The average Bonchev–Trinajstić information content (AvgIpc) is 2.46. The Morgan fingerprint density at radius 2 is 2.14 bits per heavy atom. The van der Waals surface area contributed by atoms with Gasteiger partial charge in [-0.3, -0.25) is 0 Å². The normalized spacial score (nSPS) is 19.4. The molecule has 7 heteroatoms. The van der Waals surface area contributed by atoms with E-state index in [2.05, 4.69) is 4.74 Å². The van der Waals surface area contributed by atoms with Gasteiger partial charge >= 0.3 is 12.1 Å². The molecule has 0 bridgehead atoms. The summed E-state index contributed by atoms with van der Waals surface area (Å²) in [7, 11) is 1.23. The lowest BCUT2D eigenvalue weighted by Crippen LogP contribution is -2.41. The predicted octanol–water partition coefficient (Wildman–Crippen LogP) is 2.83. The van der Waals surface area contributed by atoms with Crippen LogP contribution in [0.25, 0.3) is 0 Å². The third-order valence-electron chi connectivity index (χ3n) is 3.69. The fraction of sp³-hybridized carbons (Fsp3) is 0.500. The van der Waals surface area contributed by atoms with E-state index in [0.29, 0.717) is 18.7 Å². The van der Waals surface area contributed by atoms with E-state index in [-0.39, 0.29) is 24.2 Å². The first-order valence-corrected chi connectivity index (χ1v) is 6.62. The molecular weight excluding hydrogens is 285 g/mol. The Balaban J connectivity index is 2.24. The summed E-state index contributed by atoms with van der Waals surface area (Å²) in [6.45, 7) is 0.422. The van der Waals surface area contributed by atoms with Crippen molar-refractivity contribution in [2.75, 3.05) is 30.8 Å². The maximum atomic E-state index is 12.8. The lowest BCUT2D eigenvalue weighted by atomic mass is 9.96. The van der Waals surface area contributed by atoms with Gasteiger partial charge in [0.1, 0.15) is 0 Å². The van der Waals surface area contributed by atoms with Crippen LogP contribution in [0.3, 0.4) is 0 Å². The average molecular weight is 302 g/mol. The van der Waals surface area contributed by atoms with Crippen LogP contribution in [0.1, 0.15) is 23.2 Å². The largest absolute Gasteiger partial charge is 0.465 e. The van der Waals surface area contributed by atoms with Gasteiger partial charge in [0.15, 0.2) is 0 Å². The highest BCUT2D eigenvalue weighted by molar-refractivity contribution is 5.96. The van der Waals surface area contributed by atoms with Crippen LogP contribution in [-0.4, -0.2) is 32.3 Å². The molecule has 1 fully saturated rings. The van der Waals surface area contributed by atoms with Gasteiger partial charge in [-0.2, -0.15) is 13.2 Å². The Labute approximate surface area is 120 Å². The van der Waals surface area contributed by atoms with Crippen molar-refractivity contribution >= 4 is 17.3 Å². The Kier molecular flexibility index (Phi) is 4.29. The monoisotopic (exact) mass is 302 g/mol. The van der Waals surface area contributed by atoms with Gasteiger partial charge in [0.25, 0.3) is 0 Å². The molecule has 1 saturated heterocycles. The minimum Gasteiger partial charge on any atom is -0.465 e. The fourth-order valence-corrected chi connectivity index (χ4v) is 2.51. The minimum atomic E-state index is -4.20. The maximum absolute atomic E-state index is 12.8. The highest BCUT2D eigenvalue weighted by Gasteiger charge is 2.41. The number of methoxy groups -OCH3 is 1. The second kappa shape index (κ2) is 5.83. The van der Waals surface area contributed by atoms with E-state index in [4.69, 9.17) is 5.73 Å². The third kappa shape index (κ3) is 3.40. The molecule has 2 N–H and O–H groups in total. The van der Waals surface area contributed by atoms with Crippen LogP contribution in [0.4, 0.5) is 24.5 Å². The summed E-state index contributed by atoms with van der Waals surface area (Å²) >= 11 is 0. The van der Waals surface area contributed by atoms with E-state index in [1.165, 1.54) is 19.2 Å². The number of rotatable bonds is 2. The van der Waals surface area contributed by atoms with Crippen molar-refractivity contribution in [2.45, 2.75) is 19.0 Å². The number of carbonyl (C=O) groups excluding carboxylic acids is 1. The molecular formula is C14H17F3N2O2. The third-order valence-corrected chi connectivity index (χ3v) is 3.69. The topological polar surface area (TPSA) is 55.6 Å². The SMILES string of the molecule is COC(=O)c1cc(N2CCCC(C(F)(F)F)C2)ccc1N. The van der Waals surface area contributed by atoms with Crippen LogP contribution in [0.2, 0.25) is 0 Å². The van der Waals surface area contributed by atoms with Gasteiger partial charge in [0.2, 0.25) is 0 Å². The zero-order valence-electron chi connectivity index (χ0n) is 11.6. The number of hydrogen-bond acceptors (Lipinski definition) is 4. The second-order valence-corrected chi connectivity index (χ2v) is 5.09. The Morgan fingerprint density at radius 1 is 1.43 bits per heavy atom. The highest BCUT2D eigenvalue weighted by atomic mass is 19.4. The molecule has 2 rings (SSSR count). The number of hydrogen-bond donors (Lipinski definition) is 1. The van der Waals surface area contributed by atoms with E-state index in [0.717, 1.165) is 0 Å². The van der Waals surface area contributed by atoms with E-state index >= 15 is 0 Å². The van der Waals surface area contributed by atoms with Crippen molar-refractivity contribution in [3.05, 3.63) is 23.8 Å². The molecule has 0 spiro atoms. The predicted molar refractivity (Wildman–Crippen MR) is 73.2 cm³/mol. The molecule has 1 aliphatic heterocycles. The summed E-state index contributed by atoms with van der Waals surface area (Å²) in [6.07, 6.45) is -3.60. The number of nitrogens with two attached hydrogens (primary N) is 1. The summed E-state index contributed by atoms with van der Waals surface area (Å²) < 4.78 is 43.1. The first-order chi connectivity index (χ1) is 9.82. The molecule has 1 aromatic rings. The van der Waals surface area contributed by atoms with Crippen LogP contribution in [0.5, 0.6) is 0 Å². The van der Waals surface area contributed by atoms with Gasteiger partial charge in [0, 0.05) is 24.5 Å². The molecule has 0 aromatic heterocycles. The highest BCUT2D eigenvalue weighted by Crippen LogP contribution is 2.35. The molecule has 116 valence electrons. The van der Waals surface area contributed by atoms with Gasteiger partial charge in [0.05, 0.1) is 18.6 Å². The van der Waals surface area contributed by atoms with E-state index in [1.807, 2.05) is 0 Å². The van der Waals surface area contributed by atoms with E-state index < -0.39 is 18.1 Å². The molecule has 1 heterocycles. The molecule has 0 amide bonds. The summed E-state index contributed by atoms with van der Waals surface area (Å²) in [5, 5.41) is 0. The molecule has 0 aliphatic carbocycles. The summed E-state index contributed by atoms with van der Waals surface area (Å²) in [6, 6.07) is 4.62. The van der Waals surface area contributed by atoms with Crippen molar-refractivity contribution in [3.63, 3.8) is 0 Å². The molecule has 1 unspecified atom stereocenters. The lowest BCUT2D eigenvalue weighted by molar-refractivity contribution is -0.175. The molecule has 0 saturated carbocycles. The van der Waals surface area contributed by atoms with Gasteiger partial charge in [-0.1, -0.05) is 0 Å². The van der Waals surface area contributed by atoms with Crippen molar-refractivity contribution in [1.29, 1.82) is 0 Å². The summed E-state index contributed by atoms with van der Waals surface area (Å²) in [5.41, 5.74) is 6.66. The summed E-state index contributed by atoms with van der Waals surface area (Å²) in [5.74, 6) is -1.94. The van der Waals surface area contributed by atoms with Crippen LogP contribution >= 0.6 is 0 Å². The number of halogens is 3. The van der Waals surface area contributed by atoms with Crippen molar-refractivity contribution in [2.24, 2.45) is 5.92 Å². The van der Waals surface area contributed by atoms with E-state index in [9.17, 15) is 18.0 Å². The van der Waals surface area contributed by atoms with Gasteiger partial charge in [-0.25, -0.2) is 4.79 Å². The number of nitrogens with zero attached hydrogens (tertiary/aromatic N) is 1. The molecule has 1 aromatic carbocycles. The minimum absolute atomic E-state index is 0.103. The first-order valence-electron chi connectivity index (χ1n) is 6.62. The number of carbonyl (C=O) groups is 1. The fourth-order valence-electron chi connectivity index (χ4n) is 2.51. The standard InChI is InChI=1S/C14H17F3N2O2/c1-21-13(20)11-7-10(4-5-12(11)18)19-6-2-3-9(8-19)14(15,16)17/h4-5,7,9H,2-3,6,8,18H2,1H3. The maximum Gasteiger partial charge on any atom is 0.393 e. The van der Waals surface area contributed by atoms with Crippen LogP contribution in [0, 0.1) is 5.92 Å². The molecule has 21 heavy (non-hydrogen) atoms. The lowest BCUT2D eigenvalue weighted by Gasteiger charge is -2.35. The number of benzene rings is 1. The smallest absolute Gasteiger partial charge is 0.393 e. The number of piperidine rings is 1. The molecule has 1 aliphatic rings. The first kappa shape index (κ1) is 15.5. The van der Waals surface area contributed by atoms with Gasteiger partial charge < -0.3 is 15.4 Å². The van der Waals surface area contributed by atoms with Crippen molar-refractivity contribution in [3.8, 4) is 0 Å². The van der Waals surface area contributed by atoms with Crippen LogP contribution in [0.15, 0.2) is 18.2 Å². The number of alkyl halides is 3. The quantitative estimate of drug-likeness (QED) is 0.674. The number of nitrogen functional groups attached to an aromatic ring is 1. The Bertz CT molecular complexity index is 531. The number of esters is 1. The number of ether oxygens (including phenoxy) is 1. The van der Waals surface area contributed by atoms with Gasteiger partial charge in [-0.15, -0.1) is 0 Å². The molecule has 0 radical (unpaired) electrons. The van der Waals surface area contributed by atoms with Crippen molar-refractivity contribution < 1.29 is 22.7 Å². The van der Waals surface area contributed by atoms with Crippen LogP contribution in [-0.2, 0) is 4.74 Å². The Morgan fingerprint density at radius 3 is 2.76 bits per heavy atom. The van der Waals surface area contributed by atoms with Gasteiger partial charge in [-0.05, 0) is 31.0 Å². The molecule has 1 atom stereocenters. The summed E-state index contributed by atoms with van der Waals surface area (Å²) in [4.78, 5) is 13.2. The zero-order chi connectivity index (χ0) is 15.6. The van der Waals surface area contributed by atoms with E-state index in [1.54, 1.807) is 11.0 Å². The Hall–Kier alpha value is -1.92. The zero-order valence-corrected chi connectivity index (χ0v) is 11.6.